The molecule has 5 nitrogen and oxygen atoms in total. The second kappa shape index (κ2) is 6.10. The van der Waals surface area contributed by atoms with Crippen LogP contribution in [0.25, 0.3) is 0 Å². The minimum Gasteiger partial charge on any atom is -0.345 e. The van der Waals surface area contributed by atoms with E-state index in [0.29, 0.717) is 5.91 Å². The summed E-state index contributed by atoms with van der Waals surface area (Å²) in [5.74, 6) is 0.538. The van der Waals surface area contributed by atoms with Gasteiger partial charge in [-0.2, -0.15) is 0 Å². The largest absolute Gasteiger partial charge is 0.345 e. The van der Waals surface area contributed by atoms with Crippen LogP contribution in [0.3, 0.4) is 0 Å². The number of aryl methyl sites for hydroxylation is 1. The predicted octanol–water partition coefficient (Wildman–Crippen LogP) is 0.964. The Labute approximate surface area is 124 Å². The van der Waals surface area contributed by atoms with Crippen LogP contribution < -0.4 is 10.2 Å². The third-order valence-electron chi connectivity index (χ3n) is 4.16. The van der Waals surface area contributed by atoms with Crippen LogP contribution in [-0.4, -0.2) is 55.1 Å². The molecule has 0 aromatic carbocycles. The quantitative estimate of drug-likeness (QED) is 0.902. The lowest BCUT2D eigenvalue weighted by Gasteiger charge is -2.35. The zero-order valence-electron chi connectivity index (χ0n) is 12.0. The number of nitrogens with zero attached hydrogens (tertiary/aromatic N) is 3. The molecule has 0 aliphatic carbocycles. The molecule has 1 aromatic heterocycles. The Kier molecular flexibility index (Phi) is 4.21. The fraction of sp³-hybridized carbons (Fsp3) is 0.714. The molecule has 2 aliphatic rings. The molecule has 1 atom stereocenters. The van der Waals surface area contributed by atoms with Crippen molar-refractivity contribution in [3.05, 3.63) is 11.1 Å². The summed E-state index contributed by atoms with van der Waals surface area (Å²) in [6, 6.07) is 0. The average Bonchev–Trinajstić information content (AvgIpc) is 3.18. The topological polar surface area (TPSA) is 48.5 Å². The summed E-state index contributed by atoms with van der Waals surface area (Å²) in [4.78, 5) is 22.5. The highest BCUT2D eigenvalue weighted by Crippen LogP contribution is 2.24. The molecule has 1 amide bonds. The average molecular weight is 294 g/mol. The number of anilines is 1. The van der Waals surface area contributed by atoms with Gasteiger partial charge in [-0.05, 0) is 19.4 Å². The molecule has 1 N–H and O–H groups in total. The van der Waals surface area contributed by atoms with E-state index in [1.54, 1.807) is 11.3 Å². The van der Waals surface area contributed by atoms with Gasteiger partial charge in [0.1, 0.15) is 0 Å². The van der Waals surface area contributed by atoms with Crippen molar-refractivity contribution in [3.8, 4) is 0 Å². The van der Waals surface area contributed by atoms with E-state index in [0.717, 1.165) is 57.2 Å². The van der Waals surface area contributed by atoms with Gasteiger partial charge in [0.2, 0.25) is 5.91 Å². The number of carbonyl (C=O) groups excluding carboxylic acids is 1. The summed E-state index contributed by atoms with van der Waals surface area (Å²) >= 11 is 1.78. The first-order valence-corrected chi connectivity index (χ1v) is 8.28. The van der Waals surface area contributed by atoms with Gasteiger partial charge in [-0.1, -0.05) is 6.92 Å². The highest BCUT2D eigenvalue weighted by Gasteiger charge is 2.29. The molecular weight excluding hydrogens is 272 g/mol. The Morgan fingerprint density at radius 3 is 2.85 bits per heavy atom. The second-order valence-electron chi connectivity index (χ2n) is 5.46. The summed E-state index contributed by atoms with van der Waals surface area (Å²) in [7, 11) is 0. The van der Waals surface area contributed by atoms with E-state index in [-0.39, 0.29) is 5.92 Å². The van der Waals surface area contributed by atoms with Crippen LogP contribution in [0.5, 0.6) is 0 Å². The van der Waals surface area contributed by atoms with Crippen LogP contribution in [0.2, 0.25) is 0 Å². The molecule has 1 aromatic rings. The van der Waals surface area contributed by atoms with E-state index >= 15 is 0 Å². The van der Waals surface area contributed by atoms with Gasteiger partial charge in [0.25, 0.3) is 0 Å². The van der Waals surface area contributed by atoms with Crippen molar-refractivity contribution in [3.63, 3.8) is 0 Å². The normalized spacial score (nSPS) is 23.4. The minimum atomic E-state index is 0.202. The lowest BCUT2D eigenvalue weighted by Crippen LogP contribution is -2.50. The second-order valence-corrected chi connectivity index (χ2v) is 6.56. The number of hydrogen-bond donors (Lipinski definition) is 1. The SMILES string of the molecule is CCc1cnc(N2CCN(C(=O)C3CCNC3)CC2)s1. The Balaban J connectivity index is 1.55. The van der Waals surface area contributed by atoms with E-state index in [9.17, 15) is 4.79 Å². The summed E-state index contributed by atoms with van der Waals surface area (Å²) in [6.45, 7) is 7.46. The first-order chi connectivity index (χ1) is 9.78. The third-order valence-corrected chi connectivity index (χ3v) is 5.36. The number of hydrogen-bond acceptors (Lipinski definition) is 5. The maximum atomic E-state index is 12.3. The lowest BCUT2D eigenvalue weighted by molar-refractivity contribution is -0.135. The van der Waals surface area contributed by atoms with Gasteiger partial charge in [-0.15, -0.1) is 11.3 Å². The summed E-state index contributed by atoms with van der Waals surface area (Å²) < 4.78 is 0. The maximum Gasteiger partial charge on any atom is 0.227 e. The standard InChI is InChI=1S/C14H22N4OS/c1-2-12-10-16-14(20-12)18-7-5-17(6-8-18)13(19)11-3-4-15-9-11/h10-11,15H,2-9H2,1H3. The minimum absolute atomic E-state index is 0.202. The molecular formula is C14H22N4OS. The van der Waals surface area contributed by atoms with Crippen molar-refractivity contribution in [1.82, 2.24) is 15.2 Å². The van der Waals surface area contributed by atoms with E-state index in [1.807, 2.05) is 11.1 Å². The van der Waals surface area contributed by atoms with Crippen molar-refractivity contribution in [2.75, 3.05) is 44.2 Å². The molecule has 20 heavy (non-hydrogen) atoms. The van der Waals surface area contributed by atoms with Crippen molar-refractivity contribution in [1.29, 1.82) is 0 Å². The monoisotopic (exact) mass is 294 g/mol. The van der Waals surface area contributed by atoms with Gasteiger partial charge >= 0.3 is 0 Å². The molecule has 2 aliphatic heterocycles. The Bertz CT molecular complexity index is 461. The van der Waals surface area contributed by atoms with Gasteiger partial charge in [-0.25, -0.2) is 4.98 Å². The van der Waals surface area contributed by atoms with Crippen molar-refractivity contribution < 1.29 is 4.79 Å². The molecule has 1 unspecified atom stereocenters. The van der Waals surface area contributed by atoms with Crippen LogP contribution in [0.15, 0.2) is 6.20 Å². The van der Waals surface area contributed by atoms with Gasteiger partial charge in [0.05, 0.1) is 5.92 Å². The molecule has 0 saturated carbocycles. The molecule has 2 fully saturated rings. The zero-order chi connectivity index (χ0) is 13.9. The highest BCUT2D eigenvalue weighted by molar-refractivity contribution is 7.15. The Morgan fingerprint density at radius 1 is 1.45 bits per heavy atom. The van der Waals surface area contributed by atoms with Gasteiger partial charge < -0.3 is 15.1 Å². The van der Waals surface area contributed by atoms with E-state index < -0.39 is 0 Å². The molecule has 3 heterocycles. The molecule has 2 saturated heterocycles. The lowest BCUT2D eigenvalue weighted by atomic mass is 10.1. The maximum absolute atomic E-state index is 12.3. The fourth-order valence-electron chi connectivity index (χ4n) is 2.85. The number of amides is 1. The highest BCUT2D eigenvalue weighted by atomic mass is 32.1. The number of aromatic nitrogens is 1. The van der Waals surface area contributed by atoms with Gasteiger partial charge in [-0.3, -0.25) is 4.79 Å². The van der Waals surface area contributed by atoms with Crippen molar-refractivity contribution in [2.45, 2.75) is 19.8 Å². The predicted molar refractivity (Wildman–Crippen MR) is 81.3 cm³/mol. The first-order valence-electron chi connectivity index (χ1n) is 7.47. The van der Waals surface area contributed by atoms with Crippen LogP contribution in [-0.2, 0) is 11.2 Å². The van der Waals surface area contributed by atoms with Crippen molar-refractivity contribution in [2.24, 2.45) is 5.92 Å². The van der Waals surface area contributed by atoms with Crippen molar-refractivity contribution >= 4 is 22.4 Å². The molecule has 3 rings (SSSR count). The van der Waals surface area contributed by atoms with E-state index in [2.05, 4.69) is 22.1 Å². The fourth-order valence-corrected chi connectivity index (χ4v) is 3.75. The number of rotatable bonds is 3. The zero-order valence-corrected chi connectivity index (χ0v) is 12.8. The molecule has 0 spiro atoms. The number of nitrogens with one attached hydrogen (secondary N) is 1. The molecule has 110 valence electrons. The van der Waals surface area contributed by atoms with Crippen LogP contribution in [0.1, 0.15) is 18.2 Å². The number of carbonyl (C=O) groups is 1. The number of thiazole rings is 1. The van der Waals surface area contributed by atoms with Crippen LogP contribution in [0.4, 0.5) is 5.13 Å². The van der Waals surface area contributed by atoms with E-state index in [1.165, 1.54) is 4.88 Å². The molecule has 0 bridgehead atoms. The van der Waals surface area contributed by atoms with Crippen LogP contribution >= 0.6 is 11.3 Å². The van der Waals surface area contributed by atoms with E-state index in [4.69, 9.17) is 0 Å². The smallest absolute Gasteiger partial charge is 0.227 e. The molecule has 0 radical (unpaired) electrons. The van der Waals surface area contributed by atoms with Crippen LogP contribution in [0, 0.1) is 5.92 Å². The summed E-state index contributed by atoms with van der Waals surface area (Å²) in [5, 5.41) is 4.38. The third kappa shape index (κ3) is 2.81. The first kappa shape index (κ1) is 13.8. The Morgan fingerprint density at radius 2 is 2.25 bits per heavy atom. The molecule has 6 heteroatoms. The Hall–Kier alpha value is -1.14. The van der Waals surface area contributed by atoms with Gasteiger partial charge in [0.15, 0.2) is 5.13 Å². The summed E-state index contributed by atoms with van der Waals surface area (Å²) in [5.41, 5.74) is 0. The number of piperazine rings is 1. The summed E-state index contributed by atoms with van der Waals surface area (Å²) in [6.07, 6.45) is 4.01. The van der Waals surface area contributed by atoms with Gasteiger partial charge in [0, 0.05) is 43.8 Å².